The largest absolute Gasteiger partial charge is 0.241 e. The molecule has 0 aliphatic rings. The van der Waals surface area contributed by atoms with Gasteiger partial charge in [-0.05, 0) is 34.5 Å². The lowest BCUT2D eigenvalue weighted by Gasteiger charge is -1.92. The van der Waals surface area contributed by atoms with E-state index >= 15 is 0 Å². The number of aryl methyl sites for hydroxylation is 1. The molecule has 0 aliphatic heterocycles. The zero-order valence-corrected chi connectivity index (χ0v) is 10.1. The van der Waals surface area contributed by atoms with Gasteiger partial charge >= 0.3 is 0 Å². The minimum absolute atomic E-state index is 0.729. The molecule has 1 heterocycles. The summed E-state index contributed by atoms with van der Waals surface area (Å²) >= 11 is 11.1. The van der Waals surface area contributed by atoms with Crippen molar-refractivity contribution in [2.75, 3.05) is 0 Å². The molecule has 2 rings (SSSR count). The van der Waals surface area contributed by atoms with Crippen LogP contribution in [0.5, 0.6) is 0 Å². The van der Waals surface area contributed by atoms with E-state index in [1.54, 1.807) is 11.3 Å². The third-order valence-electron chi connectivity index (χ3n) is 1.76. The van der Waals surface area contributed by atoms with Gasteiger partial charge in [-0.3, -0.25) is 0 Å². The van der Waals surface area contributed by atoms with Crippen LogP contribution in [-0.4, -0.2) is 4.98 Å². The van der Waals surface area contributed by atoms with Crippen LogP contribution in [0.4, 0.5) is 0 Å². The zero-order chi connectivity index (χ0) is 9.42. The van der Waals surface area contributed by atoms with Crippen molar-refractivity contribution in [2.45, 2.75) is 13.3 Å². The molecule has 0 unspecified atom stereocenters. The molecule has 68 valence electrons. The zero-order valence-electron chi connectivity index (χ0n) is 6.97. The molecule has 13 heavy (non-hydrogen) atoms. The van der Waals surface area contributed by atoms with Gasteiger partial charge in [0.2, 0.25) is 0 Å². The highest BCUT2D eigenvalue weighted by Crippen LogP contribution is 2.32. The number of nitrogens with zero attached hydrogens (tertiary/aromatic N) is 1. The number of fused-ring (bicyclic) bond motifs is 1. The lowest BCUT2D eigenvalue weighted by Crippen LogP contribution is -1.74. The summed E-state index contributed by atoms with van der Waals surface area (Å²) in [4.78, 5) is 4.46. The van der Waals surface area contributed by atoms with Gasteiger partial charge in [0.25, 0.3) is 0 Å². The van der Waals surface area contributed by atoms with Crippen LogP contribution in [0.15, 0.2) is 16.6 Å². The SMILES string of the molecule is CCc1nc2cc(Cl)cc(Br)c2s1. The number of hydrogen-bond donors (Lipinski definition) is 0. The molecule has 0 aliphatic carbocycles. The summed E-state index contributed by atoms with van der Waals surface area (Å²) < 4.78 is 2.22. The molecular weight excluding hydrogens is 270 g/mol. The fourth-order valence-electron chi connectivity index (χ4n) is 1.16. The van der Waals surface area contributed by atoms with E-state index in [0.717, 1.165) is 26.4 Å². The van der Waals surface area contributed by atoms with Crippen molar-refractivity contribution in [3.05, 3.63) is 26.6 Å². The Hall–Kier alpha value is -0.120. The molecule has 0 fully saturated rings. The highest BCUT2D eigenvalue weighted by Gasteiger charge is 2.06. The van der Waals surface area contributed by atoms with Crippen LogP contribution in [0.25, 0.3) is 10.2 Å². The highest BCUT2D eigenvalue weighted by molar-refractivity contribution is 9.10. The second-order valence-corrected chi connectivity index (χ2v) is 5.07. The van der Waals surface area contributed by atoms with Crippen molar-refractivity contribution in [2.24, 2.45) is 0 Å². The Morgan fingerprint density at radius 3 is 3.00 bits per heavy atom. The van der Waals surface area contributed by atoms with Crippen molar-refractivity contribution in [1.82, 2.24) is 4.98 Å². The first-order valence-corrected chi connectivity index (χ1v) is 5.94. The van der Waals surface area contributed by atoms with Crippen LogP contribution in [0.3, 0.4) is 0 Å². The van der Waals surface area contributed by atoms with Gasteiger partial charge in [-0.25, -0.2) is 4.98 Å². The summed E-state index contributed by atoms with van der Waals surface area (Å²) in [6.45, 7) is 2.10. The van der Waals surface area contributed by atoms with E-state index < -0.39 is 0 Å². The van der Waals surface area contributed by atoms with Crippen molar-refractivity contribution < 1.29 is 0 Å². The summed E-state index contributed by atoms with van der Waals surface area (Å²) in [5, 5.41) is 1.88. The summed E-state index contributed by atoms with van der Waals surface area (Å²) in [6, 6.07) is 3.80. The van der Waals surface area contributed by atoms with Gasteiger partial charge in [0.05, 0.1) is 15.2 Å². The number of halogens is 2. The van der Waals surface area contributed by atoms with E-state index in [1.165, 1.54) is 4.70 Å². The Balaban J connectivity index is 2.75. The molecule has 1 aromatic carbocycles. The van der Waals surface area contributed by atoms with E-state index in [1.807, 2.05) is 12.1 Å². The molecule has 0 radical (unpaired) electrons. The maximum absolute atomic E-state index is 5.91. The average molecular weight is 277 g/mol. The summed E-state index contributed by atoms with van der Waals surface area (Å²) in [5.74, 6) is 0. The fourth-order valence-corrected chi connectivity index (χ4v) is 3.08. The fraction of sp³-hybridized carbons (Fsp3) is 0.222. The monoisotopic (exact) mass is 275 g/mol. The molecule has 0 N–H and O–H groups in total. The average Bonchev–Trinajstić information content (AvgIpc) is 2.47. The topological polar surface area (TPSA) is 12.9 Å². The molecule has 2 aromatic rings. The van der Waals surface area contributed by atoms with Crippen LogP contribution in [-0.2, 0) is 6.42 Å². The quantitative estimate of drug-likeness (QED) is 0.758. The Bertz CT molecular complexity index is 452. The molecule has 0 amide bonds. The number of aromatic nitrogens is 1. The maximum Gasteiger partial charge on any atom is 0.0936 e. The minimum atomic E-state index is 0.729. The third-order valence-corrected chi connectivity index (χ3v) is 4.11. The number of rotatable bonds is 1. The number of hydrogen-bond acceptors (Lipinski definition) is 2. The third kappa shape index (κ3) is 1.73. The van der Waals surface area contributed by atoms with Gasteiger partial charge in [-0.2, -0.15) is 0 Å². The molecule has 4 heteroatoms. The van der Waals surface area contributed by atoms with Gasteiger partial charge in [0.1, 0.15) is 0 Å². The van der Waals surface area contributed by atoms with Crippen LogP contribution >= 0.6 is 38.9 Å². The Morgan fingerprint density at radius 2 is 2.31 bits per heavy atom. The van der Waals surface area contributed by atoms with Crippen LogP contribution in [0, 0.1) is 0 Å². The second kappa shape index (κ2) is 3.56. The van der Waals surface area contributed by atoms with Crippen LogP contribution < -0.4 is 0 Å². The normalized spacial score (nSPS) is 11.0. The molecule has 0 spiro atoms. The van der Waals surface area contributed by atoms with E-state index in [9.17, 15) is 0 Å². The van der Waals surface area contributed by atoms with Crippen molar-refractivity contribution in [1.29, 1.82) is 0 Å². The highest BCUT2D eigenvalue weighted by atomic mass is 79.9. The first-order chi connectivity index (χ1) is 6.20. The molecule has 0 bridgehead atoms. The van der Waals surface area contributed by atoms with Gasteiger partial charge in [-0.1, -0.05) is 18.5 Å². The summed E-state index contributed by atoms with van der Waals surface area (Å²) in [6.07, 6.45) is 0.976. The minimum Gasteiger partial charge on any atom is -0.241 e. The van der Waals surface area contributed by atoms with Crippen molar-refractivity contribution >= 4 is 49.1 Å². The smallest absolute Gasteiger partial charge is 0.0936 e. The van der Waals surface area contributed by atoms with Crippen LogP contribution in [0.1, 0.15) is 11.9 Å². The first kappa shape index (κ1) is 9.44. The van der Waals surface area contributed by atoms with Crippen molar-refractivity contribution in [3.63, 3.8) is 0 Å². The predicted molar refractivity (Wildman–Crippen MR) is 61.7 cm³/mol. The molecule has 0 atom stereocenters. The van der Waals surface area contributed by atoms with Gasteiger partial charge in [0.15, 0.2) is 0 Å². The first-order valence-electron chi connectivity index (χ1n) is 3.95. The Labute approximate surface area is 93.9 Å². The lowest BCUT2D eigenvalue weighted by molar-refractivity contribution is 1.11. The number of thiazole rings is 1. The van der Waals surface area contributed by atoms with E-state index in [2.05, 4.69) is 27.8 Å². The summed E-state index contributed by atoms with van der Waals surface area (Å²) in [5.41, 5.74) is 0.987. The van der Waals surface area contributed by atoms with Gasteiger partial charge < -0.3 is 0 Å². The standard InChI is InChI=1S/C9H7BrClNS/c1-2-8-12-7-4-5(11)3-6(10)9(7)13-8/h3-4H,2H2,1H3. The number of benzene rings is 1. The predicted octanol–water partition coefficient (Wildman–Crippen LogP) is 4.27. The molecule has 0 saturated heterocycles. The van der Waals surface area contributed by atoms with Crippen LogP contribution in [0.2, 0.25) is 5.02 Å². The molecule has 0 saturated carbocycles. The van der Waals surface area contributed by atoms with E-state index in [-0.39, 0.29) is 0 Å². The molecule has 1 aromatic heterocycles. The maximum atomic E-state index is 5.91. The molecule has 1 nitrogen and oxygen atoms in total. The lowest BCUT2D eigenvalue weighted by atomic mass is 10.3. The van der Waals surface area contributed by atoms with E-state index in [4.69, 9.17) is 11.6 Å². The van der Waals surface area contributed by atoms with Gasteiger partial charge in [-0.15, -0.1) is 11.3 Å². The molecular formula is C9H7BrClNS. The van der Waals surface area contributed by atoms with E-state index in [0.29, 0.717) is 0 Å². The van der Waals surface area contributed by atoms with Gasteiger partial charge in [0, 0.05) is 9.50 Å². The second-order valence-electron chi connectivity index (χ2n) is 2.70. The Kier molecular flexibility index (Phi) is 2.58. The Morgan fingerprint density at radius 1 is 1.54 bits per heavy atom. The van der Waals surface area contributed by atoms with Crippen molar-refractivity contribution in [3.8, 4) is 0 Å². The summed E-state index contributed by atoms with van der Waals surface area (Å²) in [7, 11) is 0.